The number of nitrogens with zero attached hydrogens (tertiary/aromatic N) is 1. The van der Waals surface area contributed by atoms with Crippen molar-refractivity contribution in [1.29, 1.82) is 0 Å². The average Bonchev–Trinajstić information content (AvgIpc) is 3.12. The summed E-state index contributed by atoms with van der Waals surface area (Å²) in [5, 5.41) is 0. The van der Waals surface area contributed by atoms with Gasteiger partial charge in [-0.25, -0.2) is 4.57 Å². The Bertz CT molecular complexity index is 879. The number of allylic oxidation sites excluding steroid dienone is 2. The van der Waals surface area contributed by atoms with Gasteiger partial charge in [-0.05, 0) is 38.5 Å². The molecule has 0 bridgehead atoms. The van der Waals surface area contributed by atoms with Crippen molar-refractivity contribution in [2.24, 2.45) is 0 Å². The van der Waals surface area contributed by atoms with Crippen LogP contribution >= 0.6 is 7.82 Å². The number of hydrogen-bond acceptors (Lipinski definition) is 6. The van der Waals surface area contributed by atoms with Crippen LogP contribution in [0.4, 0.5) is 0 Å². The van der Waals surface area contributed by atoms with Crippen LogP contribution in [0.25, 0.3) is 0 Å². The number of esters is 1. The van der Waals surface area contributed by atoms with Crippen LogP contribution in [0.5, 0.6) is 0 Å². The molecule has 0 saturated carbocycles. The van der Waals surface area contributed by atoms with Crippen LogP contribution < -0.4 is 0 Å². The Morgan fingerprint density at radius 2 is 0.963 bits per heavy atom. The van der Waals surface area contributed by atoms with Crippen LogP contribution in [0, 0.1) is 0 Å². The maximum Gasteiger partial charge on any atom is 0.472 e. The normalized spacial score (nSPS) is 13.8. The van der Waals surface area contributed by atoms with E-state index >= 15 is 0 Å². The molecule has 0 aliphatic carbocycles. The van der Waals surface area contributed by atoms with Crippen molar-refractivity contribution in [2.45, 2.75) is 219 Å². The fraction of sp³-hybridized carbons (Fsp3) is 0.933. The highest BCUT2D eigenvalue weighted by atomic mass is 31.2. The number of rotatable bonds is 43. The van der Waals surface area contributed by atoms with Gasteiger partial charge in [0.15, 0.2) is 0 Å². The predicted molar refractivity (Wildman–Crippen MR) is 229 cm³/mol. The standard InChI is InChI=1S/C45H90NO7P/c1-6-8-10-12-14-16-17-18-19-20-21-22-23-24-25-26-27-28-29-30-32-34-36-38-45(47)53-44(43-52-54(48,49)51-41-39-46(3,4)5)42-50-40-37-35-33-31-15-13-11-9-7-2/h20-21,44H,6-19,22-43H2,1-5H3/p+1/b21-20-. The first kappa shape index (κ1) is 53.2. The first-order chi connectivity index (χ1) is 26.1. The first-order valence-corrected chi connectivity index (χ1v) is 24.4. The molecule has 0 heterocycles. The van der Waals surface area contributed by atoms with E-state index in [1.807, 2.05) is 21.1 Å². The number of quaternary nitrogens is 1. The fourth-order valence-electron chi connectivity index (χ4n) is 6.49. The number of unbranched alkanes of at least 4 members (excludes halogenated alkanes) is 27. The topological polar surface area (TPSA) is 91.3 Å². The molecule has 2 unspecified atom stereocenters. The van der Waals surface area contributed by atoms with Crippen molar-refractivity contribution < 1.29 is 37.3 Å². The average molecular weight is 789 g/mol. The fourth-order valence-corrected chi connectivity index (χ4v) is 7.23. The lowest BCUT2D eigenvalue weighted by Crippen LogP contribution is -2.37. The first-order valence-electron chi connectivity index (χ1n) is 22.9. The van der Waals surface area contributed by atoms with Crippen molar-refractivity contribution in [1.82, 2.24) is 0 Å². The largest absolute Gasteiger partial charge is 0.472 e. The predicted octanol–water partition coefficient (Wildman–Crippen LogP) is 13.4. The van der Waals surface area contributed by atoms with Gasteiger partial charge in [0.2, 0.25) is 0 Å². The number of ether oxygens (including phenoxy) is 2. The Balaban J connectivity index is 4.04. The van der Waals surface area contributed by atoms with Crippen molar-refractivity contribution in [3.05, 3.63) is 12.2 Å². The monoisotopic (exact) mass is 789 g/mol. The number of phosphoric ester groups is 1. The number of likely N-dealkylation sites (N-methyl/N-ethyl adjacent to an activating group) is 1. The summed E-state index contributed by atoms with van der Waals surface area (Å²) in [5.41, 5.74) is 0. The van der Waals surface area contributed by atoms with E-state index in [1.54, 1.807) is 0 Å². The molecular formula is C45H91NO7P+. The van der Waals surface area contributed by atoms with Crippen molar-refractivity contribution in [3.8, 4) is 0 Å². The van der Waals surface area contributed by atoms with Crippen LogP contribution in [0.2, 0.25) is 0 Å². The number of carbonyl (C=O) groups excluding carboxylic acids is 1. The van der Waals surface area contributed by atoms with Crippen LogP contribution in [-0.4, -0.2) is 75.6 Å². The molecule has 1 N–H and O–H groups in total. The molecule has 0 rings (SSSR count). The van der Waals surface area contributed by atoms with Crippen molar-refractivity contribution in [3.63, 3.8) is 0 Å². The second-order valence-electron chi connectivity index (χ2n) is 16.8. The molecule has 8 nitrogen and oxygen atoms in total. The van der Waals surface area contributed by atoms with Crippen LogP contribution in [0.15, 0.2) is 12.2 Å². The molecule has 0 aliphatic rings. The Morgan fingerprint density at radius 3 is 1.41 bits per heavy atom. The smallest absolute Gasteiger partial charge is 0.457 e. The zero-order valence-electron chi connectivity index (χ0n) is 36.5. The van der Waals surface area contributed by atoms with Crippen LogP contribution in [0.3, 0.4) is 0 Å². The van der Waals surface area contributed by atoms with Crippen LogP contribution in [-0.2, 0) is 27.9 Å². The molecule has 0 aliphatic heterocycles. The number of carbonyl (C=O) groups is 1. The molecule has 0 amide bonds. The number of hydrogen-bond donors (Lipinski definition) is 1. The van der Waals surface area contributed by atoms with Gasteiger partial charge in [0, 0.05) is 13.0 Å². The van der Waals surface area contributed by atoms with E-state index in [0.29, 0.717) is 24.1 Å². The van der Waals surface area contributed by atoms with Crippen molar-refractivity contribution >= 4 is 13.8 Å². The molecule has 0 aromatic carbocycles. The lowest BCUT2D eigenvalue weighted by Gasteiger charge is -2.24. The molecule has 0 aromatic heterocycles. The van der Waals surface area contributed by atoms with E-state index < -0.39 is 13.9 Å². The van der Waals surface area contributed by atoms with Gasteiger partial charge in [0.05, 0.1) is 34.4 Å². The highest BCUT2D eigenvalue weighted by Gasteiger charge is 2.26. The van der Waals surface area contributed by atoms with E-state index in [-0.39, 0.29) is 25.8 Å². The SMILES string of the molecule is CCCCCCCCCC/C=C\CCCCCCCCCCCCCC(=O)OC(COCCCCCCCCCCC)COP(=O)(O)OCC[N+](C)(C)C. The third-order valence-electron chi connectivity index (χ3n) is 10.1. The minimum Gasteiger partial charge on any atom is -0.457 e. The summed E-state index contributed by atoms with van der Waals surface area (Å²) in [6.07, 6.45) is 42.5. The highest BCUT2D eigenvalue weighted by molar-refractivity contribution is 7.47. The summed E-state index contributed by atoms with van der Waals surface area (Å²) in [6, 6.07) is 0. The molecule has 0 fully saturated rings. The van der Waals surface area contributed by atoms with E-state index in [2.05, 4.69) is 26.0 Å². The molecule has 2 atom stereocenters. The summed E-state index contributed by atoms with van der Waals surface area (Å²) in [5.74, 6) is -0.312. The van der Waals surface area contributed by atoms with Gasteiger partial charge >= 0.3 is 13.8 Å². The van der Waals surface area contributed by atoms with Gasteiger partial charge in [0.1, 0.15) is 19.3 Å². The van der Waals surface area contributed by atoms with E-state index in [0.717, 1.165) is 32.1 Å². The minimum atomic E-state index is -4.26. The zero-order valence-corrected chi connectivity index (χ0v) is 37.4. The Hall–Kier alpha value is -0.760. The van der Waals surface area contributed by atoms with E-state index in [4.69, 9.17) is 18.5 Å². The van der Waals surface area contributed by atoms with Gasteiger partial charge in [-0.3, -0.25) is 13.8 Å². The summed E-state index contributed by atoms with van der Waals surface area (Å²) in [7, 11) is 1.68. The molecule has 322 valence electrons. The lowest BCUT2D eigenvalue weighted by atomic mass is 10.0. The molecule has 0 saturated heterocycles. The maximum atomic E-state index is 12.7. The van der Waals surface area contributed by atoms with Gasteiger partial charge in [0.25, 0.3) is 0 Å². The van der Waals surface area contributed by atoms with Gasteiger partial charge in [-0.15, -0.1) is 0 Å². The quantitative estimate of drug-likeness (QED) is 0.0216. The van der Waals surface area contributed by atoms with Gasteiger partial charge in [-0.2, -0.15) is 0 Å². The molecular weight excluding hydrogens is 697 g/mol. The minimum absolute atomic E-state index is 0.0916. The third kappa shape index (κ3) is 42.4. The van der Waals surface area contributed by atoms with Crippen LogP contribution in [0.1, 0.15) is 213 Å². The summed E-state index contributed by atoms with van der Waals surface area (Å²) in [4.78, 5) is 22.8. The summed E-state index contributed by atoms with van der Waals surface area (Å²) >= 11 is 0. The maximum absolute atomic E-state index is 12.7. The Kier molecular flexibility index (Phi) is 38.5. The Morgan fingerprint density at radius 1 is 0.556 bits per heavy atom. The van der Waals surface area contributed by atoms with Gasteiger partial charge in [-0.1, -0.05) is 180 Å². The molecule has 54 heavy (non-hydrogen) atoms. The van der Waals surface area contributed by atoms with E-state index in [9.17, 15) is 14.3 Å². The Labute approximate surface area is 335 Å². The third-order valence-corrected chi connectivity index (χ3v) is 11.1. The van der Waals surface area contributed by atoms with Gasteiger partial charge < -0.3 is 18.9 Å². The molecule has 0 aromatic rings. The summed E-state index contributed by atoms with van der Waals surface area (Å²) in [6.45, 7) is 5.64. The number of phosphoric acid groups is 1. The second-order valence-corrected chi connectivity index (χ2v) is 18.2. The molecule has 0 spiro atoms. The summed E-state index contributed by atoms with van der Waals surface area (Å²) < 4.78 is 34.9. The highest BCUT2D eigenvalue weighted by Crippen LogP contribution is 2.43. The second kappa shape index (κ2) is 39.1. The lowest BCUT2D eigenvalue weighted by molar-refractivity contribution is -0.870. The van der Waals surface area contributed by atoms with Crippen molar-refractivity contribution in [2.75, 3.05) is 54.1 Å². The van der Waals surface area contributed by atoms with E-state index in [1.165, 1.54) is 161 Å². The zero-order chi connectivity index (χ0) is 39.9. The molecule has 0 radical (unpaired) electrons. The molecule has 9 heteroatoms.